The van der Waals surface area contributed by atoms with Gasteiger partial charge in [0.25, 0.3) is 0 Å². The number of piperidine rings is 1. The molecule has 3 heteroatoms. The van der Waals surface area contributed by atoms with E-state index in [2.05, 4.69) is 5.32 Å². The van der Waals surface area contributed by atoms with Crippen LogP contribution in [0.3, 0.4) is 0 Å². The molecule has 0 amide bonds. The first-order valence-corrected chi connectivity index (χ1v) is 5.43. The third-order valence-corrected chi connectivity index (χ3v) is 1.87. The summed E-state index contributed by atoms with van der Waals surface area (Å²) in [4.78, 5) is 0. The van der Waals surface area contributed by atoms with Crippen molar-refractivity contribution in [3.63, 3.8) is 0 Å². The lowest BCUT2D eigenvalue weighted by Crippen LogP contribution is -2.43. The van der Waals surface area contributed by atoms with Gasteiger partial charge in [-0.15, -0.1) is 0 Å². The third kappa shape index (κ3) is 6.99. The predicted molar refractivity (Wildman–Crippen MR) is 58.7 cm³/mol. The van der Waals surface area contributed by atoms with Crippen molar-refractivity contribution in [2.75, 3.05) is 19.6 Å². The van der Waals surface area contributed by atoms with E-state index in [9.17, 15) is 5.11 Å². The Labute approximate surface area is 82.7 Å². The van der Waals surface area contributed by atoms with Crippen LogP contribution in [0.1, 0.15) is 34.1 Å². The Kier molecular flexibility index (Phi) is 14.0. The monoisotopic (exact) mass is 190 g/mol. The van der Waals surface area contributed by atoms with Crippen LogP contribution in [-0.2, 0) is 0 Å². The molecule has 0 aromatic rings. The second-order valence-corrected chi connectivity index (χ2v) is 2.56. The van der Waals surface area contributed by atoms with Gasteiger partial charge in [-0.2, -0.15) is 0 Å². The topological polar surface area (TPSA) is 58.3 Å². The smallest absolute Gasteiger partial charge is 0.0604 e. The van der Waals surface area contributed by atoms with Gasteiger partial charge in [-0.25, -0.2) is 0 Å². The Balaban J connectivity index is 0. The van der Waals surface area contributed by atoms with Gasteiger partial charge in [0.05, 0.1) is 6.10 Å². The molecule has 1 fully saturated rings. The fraction of sp³-hybridized carbons (Fsp3) is 1.00. The molecule has 1 aliphatic heterocycles. The second kappa shape index (κ2) is 11.9. The minimum atomic E-state index is -0.170. The zero-order valence-electron chi connectivity index (χ0n) is 9.51. The Morgan fingerprint density at radius 2 is 1.85 bits per heavy atom. The number of hydrogen-bond donors (Lipinski definition) is 3. The maximum Gasteiger partial charge on any atom is 0.0604 e. The quantitative estimate of drug-likeness (QED) is 0.577. The van der Waals surface area contributed by atoms with Crippen LogP contribution in [0.5, 0.6) is 0 Å². The normalized spacial score (nSPS) is 26.3. The van der Waals surface area contributed by atoms with Crippen molar-refractivity contribution in [1.82, 2.24) is 5.32 Å². The van der Waals surface area contributed by atoms with Crippen LogP contribution in [-0.4, -0.2) is 30.8 Å². The minimum absolute atomic E-state index is 0.170. The van der Waals surface area contributed by atoms with Crippen LogP contribution in [0.2, 0.25) is 0 Å². The molecule has 0 spiro atoms. The second-order valence-electron chi connectivity index (χ2n) is 2.56. The highest BCUT2D eigenvalue weighted by Crippen LogP contribution is 2.08. The molecule has 0 aliphatic carbocycles. The van der Waals surface area contributed by atoms with Crippen LogP contribution in [0.15, 0.2) is 0 Å². The van der Waals surface area contributed by atoms with E-state index < -0.39 is 0 Å². The van der Waals surface area contributed by atoms with Gasteiger partial charge in [-0.1, -0.05) is 27.7 Å². The molecule has 0 saturated carbocycles. The molecule has 1 rings (SSSR count). The summed E-state index contributed by atoms with van der Waals surface area (Å²) in [7, 11) is 0. The maximum absolute atomic E-state index is 9.25. The average Bonchev–Trinajstić information content (AvgIpc) is 2.24. The largest absolute Gasteiger partial charge is 0.393 e. The minimum Gasteiger partial charge on any atom is -0.393 e. The first-order valence-electron chi connectivity index (χ1n) is 5.43. The first kappa shape index (κ1) is 15.4. The Hall–Kier alpha value is -0.120. The van der Waals surface area contributed by atoms with Crippen molar-refractivity contribution < 1.29 is 5.11 Å². The summed E-state index contributed by atoms with van der Waals surface area (Å²) >= 11 is 0. The summed E-state index contributed by atoms with van der Waals surface area (Å²) in [6, 6.07) is 0. The van der Waals surface area contributed by atoms with Crippen LogP contribution < -0.4 is 11.1 Å². The number of nitrogens with two attached hydrogens (primary N) is 1. The third-order valence-electron chi connectivity index (χ3n) is 1.87. The Bertz CT molecular complexity index is 89.0. The van der Waals surface area contributed by atoms with E-state index in [0.717, 1.165) is 19.5 Å². The van der Waals surface area contributed by atoms with Crippen molar-refractivity contribution >= 4 is 0 Å². The fourth-order valence-electron chi connectivity index (χ4n) is 1.15. The molecule has 0 aromatic heterocycles. The number of aliphatic hydroxyl groups excluding tert-OH is 1. The maximum atomic E-state index is 9.25. The van der Waals surface area contributed by atoms with E-state index in [4.69, 9.17) is 5.73 Å². The van der Waals surface area contributed by atoms with Crippen molar-refractivity contribution in [2.45, 2.75) is 40.2 Å². The highest BCUT2D eigenvalue weighted by atomic mass is 16.3. The highest BCUT2D eigenvalue weighted by molar-refractivity contribution is 4.77. The summed E-state index contributed by atoms with van der Waals surface area (Å²) < 4.78 is 0. The zero-order valence-corrected chi connectivity index (χ0v) is 9.51. The van der Waals surface area contributed by atoms with Crippen molar-refractivity contribution in [1.29, 1.82) is 0 Å². The summed E-state index contributed by atoms with van der Waals surface area (Å²) in [5, 5.41) is 12.4. The lowest BCUT2D eigenvalue weighted by Gasteiger charge is -2.26. The fourth-order valence-corrected chi connectivity index (χ4v) is 1.15. The molecule has 2 atom stereocenters. The molecule has 13 heavy (non-hydrogen) atoms. The number of rotatable bonds is 1. The summed E-state index contributed by atoms with van der Waals surface area (Å²) in [5.41, 5.74) is 5.39. The van der Waals surface area contributed by atoms with E-state index in [-0.39, 0.29) is 12.0 Å². The summed E-state index contributed by atoms with van der Waals surface area (Å²) in [5.74, 6) is 0.277. The van der Waals surface area contributed by atoms with Crippen LogP contribution >= 0.6 is 0 Å². The van der Waals surface area contributed by atoms with E-state index >= 15 is 0 Å². The zero-order chi connectivity index (χ0) is 10.7. The molecule has 82 valence electrons. The van der Waals surface area contributed by atoms with Crippen LogP contribution in [0.25, 0.3) is 0 Å². The highest BCUT2D eigenvalue weighted by Gasteiger charge is 2.20. The molecule has 1 heterocycles. The van der Waals surface area contributed by atoms with Gasteiger partial charge in [0.2, 0.25) is 0 Å². The van der Waals surface area contributed by atoms with Gasteiger partial charge in [0.1, 0.15) is 0 Å². The molecule has 3 nitrogen and oxygen atoms in total. The number of hydrogen-bond acceptors (Lipinski definition) is 3. The SMILES string of the molecule is CC.CC.NCC1CNCCC1O. The van der Waals surface area contributed by atoms with Gasteiger partial charge in [0, 0.05) is 12.5 Å². The van der Waals surface area contributed by atoms with E-state index in [0.29, 0.717) is 6.54 Å². The lowest BCUT2D eigenvalue weighted by molar-refractivity contribution is 0.0833. The lowest BCUT2D eigenvalue weighted by atomic mass is 9.97. The molecule has 0 radical (unpaired) electrons. The van der Waals surface area contributed by atoms with Crippen molar-refractivity contribution in [3.8, 4) is 0 Å². The molecule has 1 saturated heterocycles. The summed E-state index contributed by atoms with van der Waals surface area (Å²) in [6.45, 7) is 10.4. The molecule has 2 unspecified atom stereocenters. The van der Waals surface area contributed by atoms with Crippen molar-refractivity contribution in [2.24, 2.45) is 11.7 Å². The van der Waals surface area contributed by atoms with Crippen molar-refractivity contribution in [3.05, 3.63) is 0 Å². The predicted octanol–water partition coefficient (Wildman–Crippen LogP) is 0.968. The van der Waals surface area contributed by atoms with E-state index in [1.165, 1.54) is 0 Å². The van der Waals surface area contributed by atoms with E-state index in [1.54, 1.807) is 0 Å². The number of nitrogens with one attached hydrogen (secondary N) is 1. The molecule has 1 aliphatic rings. The molecule has 0 aromatic carbocycles. The number of aliphatic hydroxyl groups is 1. The van der Waals surface area contributed by atoms with Gasteiger partial charge < -0.3 is 16.2 Å². The first-order chi connectivity index (χ1) is 6.34. The molecule has 0 bridgehead atoms. The summed E-state index contributed by atoms with van der Waals surface area (Å²) in [6.07, 6.45) is 0.679. The standard InChI is InChI=1S/C6H14N2O.2C2H6/c7-3-5-4-8-2-1-6(5)9;2*1-2/h5-6,8-9H,1-4,7H2;2*1-2H3. The van der Waals surface area contributed by atoms with Gasteiger partial charge in [0.15, 0.2) is 0 Å². The average molecular weight is 190 g/mol. The van der Waals surface area contributed by atoms with Crippen LogP contribution in [0.4, 0.5) is 0 Å². The van der Waals surface area contributed by atoms with Gasteiger partial charge in [-0.3, -0.25) is 0 Å². The van der Waals surface area contributed by atoms with Gasteiger partial charge in [-0.05, 0) is 19.5 Å². The van der Waals surface area contributed by atoms with E-state index in [1.807, 2.05) is 27.7 Å². The Morgan fingerprint density at radius 1 is 1.31 bits per heavy atom. The molecular formula is C10H26N2O. The Morgan fingerprint density at radius 3 is 2.15 bits per heavy atom. The molecule has 4 N–H and O–H groups in total. The van der Waals surface area contributed by atoms with Gasteiger partial charge >= 0.3 is 0 Å². The molecular weight excluding hydrogens is 164 g/mol. The van der Waals surface area contributed by atoms with Crippen LogP contribution in [0, 0.1) is 5.92 Å².